The van der Waals surface area contributed by atoms with Gasteiger partial charge in [0.25, 0.3) is 5.56 Å². The molecule has 0 radical (unpaired) electrons. The first-order valence-electron chi connectivity index (χ1n) is 7.66. The monoisotopic (exact) mass is 315 g/mol. The van der Waals surface area contributed by atoms with Crippen LogP contribution < -0.4 is 10.9 Å². The summed E-state index contributed by atoms with van der Waals surface area (Å²) >= 11 is 0. The van der Waals surface area contributed by atoms with Crippen LogP contribution in [0.5, 0.6) is 0 Å². The number of ether oxygens (including phenoxy) is 1. The Labute approximate surface area is 134 Å². The highest BCUT2D eigenvalue weighted by molar-refractivity contribution is 5.90. The molecule has 2 rings (SSSR count). The summed E-state index contributed by atoms with van der Waals surface area (Å²) in [5.74, 6) is 0.0292. The number of esters is 1. The topological polar surface area (TPSA) is 84.1 Å². The number of nitrogens with one attached hydrogen (secondary N) is 2. The van der Waals surface area contributed by atoms with Crippen LogP contribution in [0, 0.1) is 0 Å². The van der Waals surface area contributed by atoms with Crippen molar-refractivity contribution in [3.8, 4) is 0 Å². The van der Waals surface area contributed by atoms with Gasteiger partial charge in [-0.1, -0.05) is 13.3 Å². The molecule has 0 saturated heterocycles. The van der Waals surface area contributed by atoms with Gasteiger partial charge in [0.15, 0.2) is 0 Å². The number of hydrogen-bond acceptors (Lipinski definition) is 5. The van der Waals surface area contributed by atoms with Crippen LogP contribution in [0.2, 0.25) is 0 Å². The Balaban J connectivity index is 2.12. The molecule has 0 amide bonds. The number of H-pyrrole nitrogens is 1. The maximum atomic E-state index is 11.8. The molecule has 6 nitrogen and oxygen atoms in total. The van der Waals surface area contributed by atoms with Gasteiger partial charge in [0.1, 0.15) is 0 Å². The van der Waals surface area contributed by atoms with Crippen LogP contribution in [0.4, 0.5) is 11.6 Å². The van der Waals surface area contributed by atoms with Gasteiger partial charge in [-0.3, -0.25) is 9.78 Å². The molecule has 0 aliphatic heterocycles. The molecule has 2 N–H and O–H groups in total. The molecule has 0 bridgehead atoms. The second-order valence-electron chi connectivity index (χ2n) is 5.49. The summed E-state index contributed by atoms with van der Waals surface area (Å²) in [4.78, 5) is 30.4. The van der Waals surface area contributed by atoms with E-state index in [1.807, 2.05) is 6.92 Å². The lowest BCUT2D eigenvalue weighted by Crippen LogP contribution is -2.12. The van der Waals surface area contributed by atoms with E-state index in [-0.39, 0.29) is 17.6 Å². The maximum Gasteiger partial charge on any atom is 0.338 e. The number of nitrogens with zero attached hydrogens (tertiary/aromatic N) is 1. The lowest BCUT2D eigenvalue weighted by atomic mass is 10.2. The third-order valence-corrected chi connectivity index (χ3v) is 3.03. The molecule has 0 spiro atoms. The third-order valence-electron chi connectivity index (χ3n) is 3.03. The minimum Gasteiger partial charge on any atom is -0.459 e. The molecule has 0 aliphatic carbocycles. The van der Waals surface area contributed by atoms with Gasteiger partial charge < -0.3 is 10.1 Å². The zero-order valence-corrected chi connectivity index (χ0v) is 13.6. The Morgan fingerprint density at radius 1 is 1.30 bits per heavy atom. The largest absolute Gasteiger partial charge is 0.459 e. The molecule has 0 saturated carbocycles. The van der Waals surface area contributed by atoms with Crippen LogP contribution in [-0.2, 0) is 11.2 Å². The van der Waals surface area contributed by atoms with Crippen molar-refractivity contribution >= 4 is 17.6 Å². The minimum absolute atomic E-state index is 0.157. The number of aryl methyl sites for hydroxylation is 1. The van der Waals surface area contributed by atoms with E-state index in [1.54, 1.807) is 38.1 Å². The highest BCUT2D eigenvalue weighted by Gasteiger charge is 2.09. The lowest BCUT2D eigenvalue weighted by Gasteiger charge is -2.09. The van der Waals surface area contributed by atoms with Gasteiger partial charge in [0.05, 0.1) is 11.7 Å². The van der Waals surface area contributed by atoms with E-state index < -0.39 is 0 Å². The normalized spacial score (nSPS) is 10.6. The van der Waals surface area contributed by atoms with E-state index in [4.69, 9.17) is 4.74 Å². The smallest absolute Gasteiger partial charge is 0.338 e. The van der Waals surface area contributed by atoms with Crippen molar-refractivity contribution < 1.29 is 9.53 Å². The second-order valence-corrected chi connectivity index (χ2v) is 5.49. The number of anilines is 2. The molecule has 23 heavy (non-hydrogen) atoms. The fourth-order valence-electron chi connectivity index (χ4n) is 2.06. The van der Waals surface area contributed by atoms with E-state index >= 15 is 0 Å². The first-order chi connectivity index (χ1) is 11.0. The lowest BCUT2D eigenvalue weighted by molar-refractivity contribution is 0.0378. The SMILES string of the molecule is CCCc1cc(=O)[nH]c(Nc2ccc(C(=O)OC(C)C)cc2)n1. The summed E-state index contributed by atoms with van der Waals surface area (Å²) in [5.41, 5.74) is 1.76. The highest BCUT2D eigenvalue weighted by atomic mass is 16.5. The van der Waals surface area contributed by atoms with Crippen molar-refractivity contribution in [3.63, 3.8) is 0 Å². The summed E-state index contributed by atoms with van der Waals surface area (Å²) in [6.07, 6.45) is 1.51. The molecule has 0 unspecified atom stereocenters. The Bertz CT molecular complexity index is 721. The van der Waals surface area contributed by atoms with E-state index in [9.17, 15) is 9.59 Å². The zero-order chi connectivity index (χ0) is 16.8. The molecule has 0 fully saturated rings. The number of carbonyl (C=O) groups is 1. The first kappa shape index (κ1) is 16.7. The van der Waals surface area contributed by atoms with Crippen molar-refractivity contribution in [1.29, 1.82) is 0 Å². The second kappa shape index (κ2) is 7.58. The zero-order valence-electron chi connectivity index (χ0n) is 13.6. The van der Waals surface area contributed by atoms with E-state index in [0.717, 1.165) is 24.2 Å². The minimum atomic E-state index is -0.358. The van der Waals surface area contributed by atoms with Crippen LogP contribution in [0.25, 0.3) is 0 Å². The molecule has 6 heteroatoms. The molecule has 1 aromatic carbocycles. The van der Waals surface area contributed by atoms with Crippen LogP contribution >= 0.6 is 0 Å². The molecule has 0 aliphatic rings. The van der Waals surface area contributed by atoms with Crippen LogP contribution in [0.15, 0.2) is 35.1 Å². The van der Waals surface area contributed by atoms with E-state index in [2.05, 4.69) is 15.3 Å². The Morgan fingerprint density at radius 3 is 2.61 bits per heavy atom. The van der Waals surface area contributed by atoms with Crippen molar-refractivity contribution in [2.75, 3.05) is 5.32 Å². The molecule has 122 valence electrons. The standard InChI is InChI=1S/C17H21N3O3/c1-4-5-14-10-15(21)20-17(19-14)18-13-8-6-12(7-9-13)16(22)23-11(2)3/h6-11H,4-5H2,1-3H3,(H2,18,19,20,21). The fraction of sp³-hybridized carbons (Fsp3) is 0.353. The van der Waals surface area contributed by atoms with Gasteiger partial charge in [0, 0.05) is 17.4 Å². The van der Waals surface area contributed by atoms with E-state index in [1.165, 1.54) is 6.07 Å². The van der Waals surface area contributed by atoms with E-state index in [0.29, 0.717) is 11.5 Å². The molecule has 1 heterocycles. The number of aromatic nitrogens is 2. The van der Waals surface area contributed by atoms with Crippen LogP contribution in [0.3, 0.4) is 0 Å². The predicted molar refractivity (Wildman–Crippen MR) is 89.1 cm³/mol. The van der Waals surface area contributed by atoms with Crippen molar-refractivity contribution in [2.24, 2.45) is 0 Å². The number of hydrogen-bond donors (Lipinski definition) is 2. The highest BCUT2D eigenvalue weighted by Crippen LogP contribution is 2.14. The summed E-state index contributed by atoms with van der Waals surface area (Å²) in [6.45, 7) is 5.64. The van der Waals surface area contributed by atoms with Gasteiger partial charge in [-0.15, -0.1) is 0 Å². The van der Waals surface area contributed by atoms with Crippen LogP contribution in [0.1, 0.15) is 43.2 Å². The average molecular weight is 315 g/mol. The van der Waals surface area contributed by atoms with Crippen molar-refractivity contribution in [2.45, 2.75) is 39.7 Å². The fourth-order valence-corrected chi connectivity index (χ4v) is 2.06. The van der Waals surface area contributed by atoms with Gasteiger partial charge in [-0.05, 0) is 44.5 Å². The van der Waals surface area contributed by atoms with Gasteiger partial charge >= 0.3 is 5.97 Å². The number of aromatic amines is 1. The predicted octanol–water partition coefficient (Wildman–Crippen LogP) is 3.03. The molecular weight excluding hydrogens is 294 g/mol. The molecule has 0 atom stereocenters. The van der Waals surface area contributed by atoms with Crippen molar-refractivity contribution in [1.82, 2.24) is 9.97 Å². The molecular formula is C17H21N3O3. The third kappa shape index (κ3) is 4.95. The summed E-state index contributed by atoms with van der Waals surface area (Å²) in [5, 5.41) is 3.03. The first-order valence-corrected chi connectivity index (χ1v) is 7.66. The average Bonchev–Trinajstić information content (AvgIpc) is 2.47. The van der Waals surface area contributed by atoms with Gasteiger partial charge in [-0.2, -0.15) is 0 Å². The van der Waals surface area contributed by atoms with Gasteiger partial charge in [0.2, 0.25) is 5.95 Å². The summed E-state index contributed by atoms with van der Waals surface area (Å²) < 4.78 is 5.13. The Hall–Kier alpha value is -2.63. The Morgan fingerprint density at radius 2 is 2.00 bits per heavy atom. The maximum absolute atomic E-state index is 11.8. The summed E-state index contributed by atoms with van der Waals surface area (Å²) in [7, 11) is 0. The Kier molecular flexibility index (Phi) is 5.51. The van der Waals surface area contributed by atoms with Gasteiger partial charge in [-0.25, -0.2) is 9.78 Å². The quantitative estimate of drug-likeness (QED) is 0.800. The number of carbonyl (C=O) groups excluding carboxylic acids is 1. The molecule has 2 aromatic rings. The van der Waals surface area contributed by atoms with Crippen LogP contribution in [-0.4, -0.2) is 22.0 Å². The van der Waals surface area contributed by atoms with Crippen molar-refractivity contribution in [3.05, 3.63) is 51.9 Å². The summed E-state index contributed by atoms with van der Waals surface area (Å²) in [6, 6.07) is 8.31. The number of benzene rings is 1. The number of rotatable bonds is 6. The molecule has 1 aromatic heterocycles.